The lowest BCUT2D eigenvalue weighted by Crippen LogP contribution is -2.40. The van der Waals surface area contributed by atoms with E-state index < -0.39 is 0 Å². The van der Waals surface area contributed by atoms with Crippen molar-refractivity contribution in [1.82, 2.24) is 4.90 Å². The van der Waals surface area contributed by atoms with E-state index in [1.54, 1.807) is 17.4 Å². The van der Waals surface area contributed by atoms with Gasteiger partial charge in [-0.05, 0) is 51.0 Å². The number of benzene rings is 1. The number of carbonyl (C=O) groups is 2. The summed E-state index contributed by atoms with van der Waals surface area (Å²) < 4.78 is 11.1. The summed E-state index contributed by atoms with van der Waals surface area (Å²) >= 11 is 1.65. The summed E-state index contributed by atoms with van der Waals surface area (Å²) in [6.45, 7) is 6.29. The fourth-order valence-electron chi connectivity index (χ4n) is 3.79. The van der Waals surface area contributed by atoms with Crippen molar-refractivity contribution in [2.45, 2.75) is 26.7 Å². The predicted octanol–water partition coefficient (Wildman–Crippen LogP) is 3.87. The van der Waals surface area contributed by atoms with E-state index in [1.807, 2.05) is 36.9 Å². The molecule has 2 aromatic rings. The summed E-state index contributed by atoms with van der Waals surface area (Å²) in [5, 5.41) is 0. The second-order valence-corrected chi connectivity index (χ2v) is 8.58. The summed E-state index contributed by atoms with van der Waals surface area (Å²) in [6, 6.07) is 7.37. The zero-order chi connectivity index (χ0) is 19.0. The summed E-state index contributed by atoms with van der Waals surface area (Å²) in [7, 11) is 0. The Balaban J connectivity index is 1.41. The molecular weight excluding hydrogens is 362 g/mol. The molecule has 1 aromatic heterocycles. The normalized spacial score (nSPS) is 17.0. The van der Waals surface area contributed by atoms with Crippen molar-refractivity contribution in [3.8, 4) is 11.5 Å². The van der Waals surface area contributed by atoms with E-state index in [1.165, 1.54) is 0 Å². The Bertz CT molecular complexity index is 880. The van der Waals surface area contributed by atoms with Gasteiger partial charge in [-0.1, -0.05) is 0 Å². The van der Waals surface area contributed by atoms with Crippen LogP contribution in [0.25, 0.3) is 0 Å². The number of fused-ring (bicyclic) bond motifs is 1. The Morgan fingerprint density at radius 3 is 2.41 bits per heavy atom. The lowest BCUT2D eigenvalue weighted by molar-refractivity contribution is 0.0650. The molecular formula is C21H23NO4S. The van der Waals surface area contributed by atoms with Crippen LogP contribution in [0.15, 0.2) is 24.3 Å². The molecule has 1 fully saturated rings. The van der Waals surface area contributed by atoms with E-state index in [9.17, 15) is 9.59 Å². The summed E-state index contributed by atoms with van der Waals surface area (Å²) in [6.07, 6.45) is 1.39. The van der Waals surface area contributed by atoms with E-state index in [2.05, 4.69) is 0 Å². The zero-order valence-electron chi connectivity index (χ0n) is 15.6. The van der Waals surface area contributed by atoms with Gasteiger partial charge in [0.25, 0.3) is 5.91 Å². The first-order valence-electron chi connectivity index (χ1n) is 9.33. The second kappa shape index (κ2) is 7.35. The van der Waals surface area contributed by atoms with Gasteiger partial charge in [-0.2, -0.15) is 0 Å². The van der Waals surface area contributed by atoms with Crippen LogP contribution in [0.1, 0.15) is 43.3 Å². The van der Waals surface area contributed by atoms with Crippen LogP contribution in [0.5, 0.6) is 11.5 Å². The third-order valence-corrected chi connectivity index (χ3v) is 6.22. The van der Waals surface area contributed by atoms with Gasteiger partial charge in [0.1, 0.15) is 13.2 Å². The highest BCUT2D eigenvalue weighted by Crippen LogP contribution is 2.33. The largest absolute Gasteiger partial charge is 0.486 e. The van der Waals surface area contributed by atoms with Crippen molar-refractivity contribution in [1.29, 1.82) is 0 Å². The number of nitrogens with zero attached hydrogens (tertiary/aromatic N) is 1. The molecule has 0 unspecified atom stereocenters. The van der Waals surface area contributed by atoms with Crippen LogP contribution in [0.3, 0.4) is 0 Å². The summed E-state index contributed by atoms with van der Waals surface area (Å²) in [5.41, 5.74) is 1.46. The Hall–Kier alpha value is -2.34. The Morgan fingerprint density at radius 1 is 1.04 bits per heavy atom. The zero-order valence-corrected chi connectivity index (χ0v) is 16.4. The highest BCUT2D eigenvalue weighted by molar-refractivity contribution is 7.12. The maximum atomic E-state index is 12.9. The van der Waals surface area contributed by atoms with Gasteiger partial charge in [-0.25, -0.2) is 0 Å². The van der Waals surface area contributed by atoms with Gasteiger partial charge < -0.3 is 14.4 Å². The number of likely N-dealkylation sites (tertiary alicyclic amines) is 1. The smallest absolute Gasteiger partial charge is 0.254 e. The number of carbonyl (C=O) groups excluding carboxylic acids is 2. The van der Waals surface area contributed by atoms with E-state index in [4.69, 9.17) is 9.47 Å². The number of thiophene rings is 1. The molecule has 1 saturated heterocycles. The third kappa shape index (κ3) is 3.58. The molecule has 142 valence electrons. The van der Waals surface area contributed by atoms with Crippen LogP contribution < -0.4 is 9.47 Å². The molecule has 0 N–H and O–H groups in total. The molecule has 6 heteroatoms. The first-order valence-corrected chi connectivity index (χ1v) is 10.1. The first kappa shape index (κ1) is 18.0. The minimum atomic E-state index is -0.0538. The van der Waals surface area contributed by atoms with Crippen molar-refractivity contribution in [3.05, 3.63) is 45.1 Å². The molecule has 2 aliphatic heterocycles. The topological polar surface area (TPSA) is 55.8 Å². The fourth-order valence-corrected chi connectivity index (χ4v) is 4.71. The molecule has 5 nitrogen and oxygen atoms in total. The molecule has 1 aromatic carbocycles. The predicted molar refractivity (Wildman–Crippen MR) is 104 cm³/mol. The molecule has 4 rings (SSSR count). The van der Waals surface area contributed by atoms with Crippen molar-refractivity contribution < 1.29 is 19.1 Å². The highest BCUT2D eigenvalue weighted by atomic mass is 32.1. The minimum absolute atomic E-state index is 0.0538. The number of ether oxygens (including phenoxy) is 2. The molecule has 0 spiro atoms. The van der Waals surface area contributed by atoms with Gasteiger partial charge in [0.2, 0.25) is 0 Å². The molecule has 3 heterocycles. The molecule has 2 aliphatic rings. The van der Waals surface area contributed by atoms with Crippen molar-refractivity contribution in [3.63, 3.8) is 0 Å². The molecule has 27 heavy (non-hydrogen) atoms. The number of hydrogen-bond donors (Lipinski definition) is 0. The third-order valence-electron chi connectivity index (χ3n) is 5.25. The van der Waals surface area contributed by atoms with Crippen LogP contribution in [0.4, 0.5) is 0 Å². The second-order valence-electron chi connectivity index (χ2n) is 7.12. The number of aryl methyl sites for hydroxylation is 2. The van der Waals surface area contributed by atoms with E-state index >= 15 is 0 Å². The standard InChI is InChI=1S/C21H23NO4S/c1-13-11-17(14(2)27-13)21(24)22-7-5-15(6-8-22)20(23)16-3-4-18-19(12-16)26-10-9-25-18/h3-4,11-12,15H,5-10H2,1-2H3. The van der Waals surface area contributed by atoms with Crippen molar-refractivity contribution in [2.75, 3.05) is 26.3 Å². The van der Waals surface area contributed by atoms with E-state index in [-0.39, 0.29) is 17.6 Å². The molecule has 0 aliphatic carbocycles. The van der Waals surface area contributed by atoms with Crippen LogP contribution in [0.2, 0.25) is 0 Å². The SMILES string of the molecule is Cc1cc(C(=O)N2CCC(C(=O)c3ccc4c(c3)OCCO4)CC2)c(C)s1. The monoisotopic (exact) mass is 385 g/mol. The average Bonchev–Trinajstić information content (AvgIpc) is 3.04. The quantitative estimate of drug-likeness (QED) is 0.753. The van der Waals surface area contributed by atoms with Gasteiger partial charge in [-0.3, -0.25) is 9.59 Å². The van der Waals surface area contributed by atoms with E-state index in [0.29, 0.717) is 56.2 Å². The van der Waals surface area contributed by atoms with Crippen LogP contribution in [-0.2, 0) is 0 Å². The van der Waals surface area contributed by atoms with Crippen LogP contribution in [0, 0.1) is 19.8 Å². The van der Waals surface area contributed by atoms with Crippen LogP contribution >= 0.6 is 11.3 Å². The Kier molecular flexibility index (Phi) is 4.91. The highest BCUT2D eigenvalue weighted by Gasteiger charge is 2.30. The van der Waals surface area contributed by atoms with Crippen molar-refractivity contribution >= 4 is 23.0 Å². The van der Waals surface area contributed by atoms with Gasteiger partial charge in [0, 0.05) is 34.3 Å². The molecule has 0 radical (unpaired) electrons. The first-order chi connectivity index (χ1) is 13.0. The Morgan fingerprint density at radius 2 is 1.74 bits per heavy atom. The molecule has 1 amide bonds. The van der Waals surface area contributed by atoms with Crippen LogP contribution in [-0.4, -0.2) is 42.9 Å². The lowest BCUT2D eigenvalue weighted by atomic mass is 9.88. The van der Waals surface area contributed by atoms with Crippen molar-refractivity contribution in [2.24, 2.45) is 5.92 Å². The lowest BCUT2D eigenvalue weighted by Gasteiger charge is -2.31. The molecule has 0 saturated carbocycles. The summed E-state index contributed by atoms with van der Waals surface area (Å²) in [5.74, 6) is 1.49. The average molecular weight is 385 g/mol. The molecule has 0 atom stereocenters. The van der Waals surface area contributed by atoms with Gasteiger partial charge >= 0.3 is 0 Å². The van der Waals surface area contributed by atoms with Gasteiger partial charge in [0.05, 0.1) is 5.56 Å². The summed E-state index contributed by atoms with van der Waals surface area (Å²) in [4.78, 5) is 29.7. The minimum Gasteiger partial charge on any atom is -0.486 e. The van der Waals surface area contributed by atoms with Gasteiger partial charge in [-0.15, -0.1) is 11.3 Å². The number of piperidine rings is 1. The van der Waals surface area contributed by atoms with Gasteiger partial charge in [0.15, 0.2) is 17.3 Å². The maximum Gasteiger partial charge on any atom is 0.254 e. The Labute approximate surface area is 162 Å². The molecule has 0 bridgehead atoms. The number of ketones is 1. The number of Topliss-reactive ketones (excluding diaryl/α,β-unsaturated/α-hetero) is 1. The van der Waals surface area contributed by atoms with E-state index in [0.717, 1.165) is 15.3 Å². The number of amides is 1. The number of rotatable bonds is 3. The number of hydrogen-bond acceptors (Lipinski definition) is 5. The maximum absolute atomic E-state index is 12.9. The fraction of sp³-hybridized carbons (Fsp3) is 0.429.